The van der Waals surface area contributed by atoms with Gasteiger partial charge in [0, 0.05) is 23.9 Å². The Kier molecular flexibility index (Phi) is 6.45. The van der Waals surface area contributed by atoms with E-state index < -0.39 is 5.54 Å². The normalized spacial score (nSPS) is 11.9. The summed E-state index contributed by atoms with van der Waals surface area (Å²) in [5.41, 5.74) is 3.28. The summed E-state index contributed by atoms with van der Waals surface area (Å²) < 4.78 is 8.43. The summed E-state index contributed by atoms with van der Waals surface area (Å²) in [6.07, 6.45) is 2.95. The summed E-state index contributed by atoms with van der Waals surface area (Å²) in [5, 5.41) is 12.2. The third kappa shape index (κ3) is 4.32. The number of fused-ring (bicyclic) bond motifs is 1. The van der Waals surface area contributed by atoms with E-state index in [0.29, 0.717) is 28.2 Å². The van der Waals surface area contributed by atoms with Gasteiger partial charge in [0.05, 0.1) is 18.7 Å². The Morgan fingerprint density at radius 1 is 1.26 bits per heavy atom. The molecule has 0 bridgehead atoms. The highest BCUT2D eigenvalue weighted by atomic mass is 32.1. The second-order valence-electron chi connectivity index (χ2n) is 8.10. The maximum Gasteiger partial charge on any atom is 0.332 e. The molecule has 164 valence electrons. The standard InChI is InChI=1S/C22H27N5O3S/c1-14-17-19(28)27(22(2,3)4)21(29)26(20(17)31-18(14)25-24-12-11-23)13-10-15-8-6-7-9-16(15)30-5/h6-9,11-12,23,25H,10,13H2,1-5H3/b23-11?,24-12-. The van der Waals surface area contributed by atoms with Crippen molar-refractivity contribution in [2.45, 2.75) is 46.2 Å². The van der Waals surface area contributed by atoms with Gasteiger partial charge in [0.15, 0.2) is 0 Å². The van der Waals surface area contributed by atoms with Crippen molar-refractivity contribution in [1.82, 2.24) is 9.13 Å². The van der Waals surface area contributed by atoms with Crippen LogP contribution in [0.15, 0.2) is 39.0 Å². The molecule has 2 N–H and O–H groups in total. The minimum absolute atomic E-state index is 0.307. The highest BCUT2D eigenvalue weighted by Crippen LogP contribution is 2.33. The van der Waals surface area contributed by atoms with Gasteiger partial charge in [-0.2, -0.15) is 5.10 Å². The number of aromatic nitrogens is 2. The molecule has 3 aromatic rings. The van der Waals surface area contributed by atoms with Crippen molar-refractivity contribution in [2.24, 2.45) is 5.10 Å². The molecule has 0 unspecified atom stereocenters. The van der Waals surface area contributed by atoms with Gasteiger partial charge in [-0.25, -0.2) is 4.79 Å². The zero-order chi connectivity index (χ0) is 22.8. The summed E-state index contributed by atoms with van der Waals surface area (Å²) >= 11 is 1.31. The Balaban J connectivity index is 2.21. The summed E-state index contributed by atoms with van der Waals surface area (Å²) in [6.45, 7) is 7.78. The van der Waals surface area contributed by atoms with Crippen LogP contribution in [-0.2, 0) is 18.5 Å². The number of nitrogens with zero attached hydrogens (tertiary/aromatic N) is 3. The molecule has 0 aliphatic carbocycles. The van der Waals surface area contributed by atoms with E-state index in [1.165, 1.54) is 22.1 Å². The van der Waals surface area contributed by atoms with Crippen LogP contribution >= 0.6 is 11.3 Å². The van der Waals surface area contributed by atoms with Gasteiger partial charge < -0.3 is 10.1 Å². The van der Waals surface area contributed by atoms with Gasteiger partial charge in [0.2, 0.25) is 0 Å². The summed E-state index contributed by atoms with van der Waals surface area (Å²) in [7, 11) is 1.62. The molecule has 9 heteroatoms. The van der Waals surface area contributed by atoms with Crippen molar-refractivity contribution in [3.05, 3.63) is 56.2 Å². The first-order valence-electron chi connectivity index (χ1n) is 9.90. The number of hydrazone groups is 1. The highest BCUT2D eigenvalue weighted by molar-refractivity contribution is 7.22. The largest absolute Gasteiger partial charge is 0.496 e. The van der Waals surface area contributed by atoms with Gasteiger partial charge >= 0.3 is 5.69 Å². The molecule has 3 rings (SSSR count). The SMILES string of the molecule is COc1ccccc1CCn1c(=O)n(C(C)(C)C)c(=O)c2c(C)c(N/N=C\C=N)sc21. The van der Waals surface area contributed by atoms with Crippen LogP contribution in [0.2, 0.25) is 0 Å². The smallest absolute Gasteiger partial charge is 0.332 e. The van der Waals surface area contributed by atoms with E-state index in [-0.39, 0.29) is 11.2 Å². The molecule has 0 radical (unpaired) electrons. The molecule has 31 heavy (non-hydrogen) atoms. The number of para-hydroxylation sites is 1. The van der Waals surface area contributed by atoms with Gasteiger partial charge in [-0.3, -0.25) is 19.4 Å². The van der Waals surface area contributed by atoms with E-state index in [4.69, 9.17) is 10.1 Å². The number of nitrogens with one attached hydrogen (secondary N) is 2. The first-order valence-corrected chi connectivity index (χ1v) is 10.7. The number of hydrogen-bond acceptors (Lipinski definition) is 7. The van der Waals surface area contributed by atoms with Crippen molar-refractivity contribution in [1.29, 1.82) is 5.41 Å². The second-order valence-corrected chi connectivity index (χ2v) is 9.10. The zero-order valence-electron chi connectivity index (χ0n) is 18.4. The fourth-order valence-electron chi connectivity index (χ4n) is 3.52. The number of thiophene rings is 1. The van der Waals surface area contributed by atoms with E-state index >= 15 is 0 Å². The van der Waals surface area contributed by atoms with Gasteiger partial charge in [-0.15, -0.1) is 0 Å². The predicted molar refractivity (Wildman–Crippen MR) is 128 cm³/mol. The number of benzene rings is 1. The Hall–Kier alpha value is -3.20. The predicted octanol–water partition coefficient (Wildman–Crippen LogP) is 3.59. The average Bonchev–Trinajstić information content (AvgIpc) is 3.04. The number of ether oxygens (including phenoxy) is 1. The molecule has 0 saturated carbocycles. The molecule has 2 heterocycles. The van der Waals surface area contributed by atoms with Crippen LogP contribution in [0.5, 0.6) is 5.75 Å². The van der Waals surface area contributed by atoms with Crippen LogP contribution in [-0.4, -0.2) is 28.7 Å². The lowest BCUT2D eigenvalue weighted by molar-refractivity contribution is 0.358. The first kappa shape index (κ1) is 22.5. The van der Waals surface area contributed by atoms with Crippen molar-refractivity contribution in [2.75, 3.05) is 12.5 Å². The zero-order valence-corrected chi connectivity index (χ0v) is 19.2. The Morgan fingerprint density at radius 3 is 2.61 bits per heavy atom. The van der Waals surface area contributed by atoms with E-state index in [2.05, 4.69) is 10.5 Å². The minimum Gasteiger partial charge on any atom is -0.496 e. The third-order valence-corrected chi connectivity index (χ3v) is 6.22. The lowest BCUT2D eigenvalue weighted by Crippen LogP contribution is -2.47. The maximum absolute atomic E-state index is 13.4. The molecule has 0 saturated heterocycles. The van der Waals surface area contributed by atoms with Gasteiger partial charge in [0.1, 0.15) is 15.6 Å². The fraction of sp³-hybridized carbons (Fsp3) is 0.364. The van der Waals surface area contributed by atoms with Gasteiger partial charge in [-0.05, 0) is 45.7 Å². The Bertz CT molecular complexity index is 1260. The lowest BCUT2D eigenvalue weighted by Gasteiger charge is -2.23. The van der Waals surface area contributed by atoms with Crippen LogP contribution in [0.3, 0.4) is 0 Å². The fourth-order valence-corrected chi connectivity index (χ4v) is 4.69. The molecular formula is C22H27N5O3S. The number of hydrogen-bond donors (Lipinski definition) is 2. The van der Waals surface area contributed by atoms with E-state index in [1.807, 2.05) is 52.0 Å². The maximum atomic E-state index is 13.4. The summed E-state index contributed by atoms with van der Waals surface area (Å²) in [5.74, 6) is 0.765. The van der Waals surface area contributed by atoms with Crippen LogP contribution < -0.4 is 21.4 Å². The third-order valence-electron chi connectivity index (χ3n) is 5.00. The molecular weight excluding hydrogens is 414 g/mol. The Labute approximate surface area is 184 Å². The lowest BCUT2D eigenvalue weighted by atomic mass is 10.1. The second kappa shape index (κ2) is 8.89. The van der Waals surface area contributed by atoms with E-state index in [1.54, 1.807) is 11.7 Å². The van der Waals surface area contributed by atoms with Crippen molar-refractivity contribution >= 4 is 39.0 Å². The molecule has 0 fully saturated rings. The molecule has 0 atom stereocenters. The molecule has 2 aromatic heterocycles. The number of methoxy groups -OCH3 is 1. The number of anilines is 1. The molecule has 0 spiro atoms. The monoisotopic (exact) mass is 441 g/mol. The summed E-state index contributed by atoms with van der Waals surface area (Å²) in [4.78, 5) is 27.4. The van der Waals surface area contributed by atoms with Crippen LogP contribution in [0.4, 0.5) is 5.00 Å². The van der Waals surface area contributed by atoms with Gasteiger partial charge in [0.25, 0.3) is 5.56 Å². The number of rotatable bonds is 7. The van der Waals surface area contributed by atoms with E-state index in [9.17, 15) is 9.59 Å². The van der Waals surface area contributed by atoms with Crippen molar-refractivity contribution in [3.8, 4) is 5.75 Å². The van der Waals surface area contributed by atoms with E-state index in [0.717, 1.165) is 23.1 Å². The minimum atomic E-state index is -0.672. The summed E-state index contributed by atoms with van der Waals surface area (Å²) in [6, 6.07) is 7.70. The van der Waals surface area contributed by atoms with Crippen LogP contribution in [0.25, 0.3) is 10.2 Å². The molecule has 0 aliphatic heterocycles. The van der Waals surface area contributed by atoms with Gasteiger partial charge in [-0.1, -0.05) is 29.5 Å². The number of aryl methyl sites for hydroxylation is 3. The van der Waals surface area contributed by atoms with Crippen molar-refractivity contribution < 1.29 is 4.74 Å². The Morgan fingerprint density at radius 2 is 1.97 bits per heavy atom. The molecule has 8 nitrogen and oxygen atoms in total. The molecule has 0 aliphatic rings. The van der Waals surface area contributed by atoms with Crippen molar-refractivity contribution in [3.63, 3.8) is 0 Å². The first-order chi connectivity index (χ1) is 14.7. The average molecular weight is 442 g/mol. The van der Waals surface area contributed by atoms with Crippen LogP contribution in [0.1, 0.15) is 31.9 Å². The molecule has 0 amide bonds. The highest BCUT2D eigenvalue weighted by Gasteiger charge is 2.25. The van der Waals surface area contributed by atoms with Crippen LogP contribution in [0, 0.1) is 12.3 Å². The quantitative estimate of drug-likeness (QED) is 0.432. The molecule has 1 aromatic carbocycles. The topological polar surface area (TPSA) is 101 Å².